The Hall–Kier alpha value is -3.28. The maximum atomic E-state index is 12.7. The van der Waals surface area contributed by atoms with E-state index in [2.05, 4.69) is 20.1 Å². The third-order valence-electron chi connectivity index (χ3n) is 4.84. The molecule has 3 aromatic rings. The molecule has 0 aliphatic carbocycles. The van der Waals surface area contributed by atoms with Crippen molar-refractivity contribution in [3.8, 4) is 11.4 Å². The lowest BCUT2D eigenvalue weighted by Gasteiger charge is -2.35. The predicted molar refractivity (Wildman–Crippen MR) is 105 cm³/mol. The smallest absolute Gasteiger partial charge is 0.254 e. The number of amides is 1. The lowest BCUT2D eigenvalue weighted by Crippen LogP contribution is -2.49. The Morgan fingerprint density at radius 3 is 2.30 bits per heavy atom. The van der Waals surface area contributed by atoms with Gasteiger partial charge in [-0.3, -0.25) is 9.78 Å². The normalized spacial score (nSPS) is 14.3. The number of aryl methyl sites for hydroxylation is 1. The number of benzene rings is 1. The highest BCUT2D eigenvalue weighted by atomic mass is 16.2. The Balaban J connectivity index is 1.41. The second-order valence-corrected chi connectivity index (χ2v) is 6.59. The summed E-state index contributed by atoms with van der Waals surface area (Å²) >= 11 is 0. The minimum Gasteiger partial charge on any atom is -0.352 e. The first-order valence-electron chi connectivity index (χ1n) is 9.07. The number of aromatic nitrogens is 3. The van der Waals surface area contributed by atoms with Crippen LogP contribution in [0.4, 0.5) is 5.82 Å². The summed E-state index contributed by atoms with van der Waals surface area (Å²) in [5, 5.41) is 8.66. The number of piperazine rings is 1. The van der Waals surface area contributed by atoms with Crippen LogP contribution >= 0.6 is 0 Å². The molecular formula is C21H21N5O. The van der Waals surface area contributed by atoms with Gasteiger partial charge in [0.1, 0.15) is 5.69 Å². The van der Waals surface area contributed by atoms with E-state index >= 15 is 0 Å². The third-order valence-corrected chi connectivity index (χ3v) is 4.84. The van der Waals surface area contributed by atoms with E-state index in [1.807, 2.05) is 66.4 Å². The van der Waals surface area contributed by atoms with Crippen LogP contribution in [0.15, 0.2) is 60.8 Å². The molecule has 27 heavy (non-hydrogen) atoms. The fraction of sp³-hybridized carbons (Fsp3) is 0.238. The van der Waals surface area contributed by atoms with E-state index in [0.717, 1.165) is 41.4 Å². The Morgan fingerprint density at radius 1 is 0.852 bits per heavy atom. The van der Waals surface area contributed by atoms with Gasteiger partial charge in [0.2, 0.25) is 0 Å². The summed E-state index contributed by atoms with van der Waals surface area (Å²) in [5.41, 5.74) is 3.37. The highest BCUT2D eigenvalue weighted by Crippen LogP contribution is 2.19. The number of pyridine rings is 1. The second-order valence-electron chi connectivity index (χ2n) is 6.59. The van der Waals surface area contributed by atoms with Crippen LogP contribution in [0.1, 0.15) is 15.9 Å². The van der Waals surface area contributed by atoms with Gasteiger partial charge >= 0.3 is 0 Å². The summed E-state index contributed by atoms with van der Waals surface area (Å²) in [6, 6.07) is 17.4. The van der Waals surface area contributed by atoms with Crippen molar-refractivity contribution in [1.29, 1.82) is 0 Å². The van der Waals surface area contributed by atoms with Gasteiger partial charge in [-0.1, -0.05) is 24.3 Å². The molecule has 136 valence electrons. The number of carbonyl (C=O) groups excluding carboxylic acids is 1. The van der Waals surface area contributed by atoms with Crippen LogP contribution in [-0.4, -0.2) is 52.2 Å². The van der Waals surface area contributed by atoms with Gasteiger partial charge in [-0.05, 0) is 42.8 Å². The van der Waals surface area contributed by atoms with Crippen molar-refractivity contribution >= 4 is 11.7 Å². The Morgan fingerprint density at radius 2 is 1.63 bits per heavy atom. The molecule has 0 radical (unpaired) electrons. The van der Waals surface area contributed by atoms with Crippen LogP contribution in [0.25, 0.3) is 11.4 Å². The molecule has 1 aliphatic heterocycles. The fourth-order valence-electron chi connectivity index (χ4n) is 3.27. The van der Waals surface area contributed by atoms with Gasteiger partial charge < -0.3 is 9.80 Å². The molecule has 1 saturated heterocycles. The Labute approximate surface area is 158 Å². The summed E-state index contributed by atoms with van der Waals surface area (Å²) in [4.78, 5) is 21.1. The van der Waals surface area contributed by atoms with Crippen LogP contribution < -0.4 is 4.90 Å². The van der Waals surface area contributed by atoms with E-state index in [0.29, 0.717) is 13.1 Å². The van der Waals surface area contributed by atoms with E-state index in [1.54, 1.807) is 6.20 Å². The van der Waals surface area contributed by atoms with Crippen LogP contribution in [-0.2, 0) is 0 Å². The summed E-state index contributed by atoms with van der Waals surface area (Å²) in [6.07, 6.45) is 1.75. The molecule has 3 heterocycles. The minimum absolute atomic E-state index is 0.101. The molecule has 6 nitrogen and oxygen atoms in total. The number of carbonyl (C=O) groups is 1. The number of hydrogen-bond acceptors (Lipinski definition) is 5. The largest absolute Gasteiger partial charge is 0.352 e. The van der Waals surface area contributed by atoms with Gasteiger partial charge in [-0.2, -0.15) is 0 Å². The molecule has 2 aromatic heterocycles. The first-order valence-corrected chi connectivity index (χ1v) is 9.07. The van der Waals surface area contributed by atoms with Crippen LogP contribution in [0, 0.1) is 6.92 Å². The summed E-state index contributed by atoms with van der Waals surface area (Å²) in [7, 11) is 0. The van der Waals surface area contributed by atoms with Crippen LogP contribution in [0.3, 0.4) is 0 Å². The number of nitrogens with zero attached hydrogens (tertiary/aromatic N) is 5. The molecule has 0 N–H and O–H groups in total. The maximum absolute atomic E-state index is 12.7. The zero-order valence-electron chi connectivity index (χ0n) is 15.2. The molecule has 0 atom stereocenters. The number of rotatable bonds is 3. The highest BCUT2D eigenvalue weighted by Gasteiger charge is 2.23. The van der Waals surface area contributed by atoms with Crippen LogP contribution in [0.2, 0.25) is 0 Å². The van der Waals surface area contributed by atoms with Gasteiger partial charge in [0, 0.05) is 37.9 Å². The predicted octanol–water partition coefficient (Wildman–Crippen LogP) is 2.81. The SMILES string of the molecule is Cc1ccccc1C(=O)N1CCN(c2ccc(-c3ccccn3)nn2)CC1. The van der Waals surface area contributed by atoms with Gasteiger partial charge in [0.05, 0.1) is 5.69 Å². The lowest BCUT2D eigenvalue weighted by molar-refractivity contribution is 0.0745. The van der Waals surface area contributed by atoms with Crippen molar-refractivity contribution in [2.75, 3.05) is 31.1 Å². The third kappa shape index (κ3) is 3.65. The summed E-state index contributed by atoms with van der Waals surface area (Å²) in [6.45, 7) is 4.82. The minimum atomic E-state index is 0.101. The molecule has 0 unspecified atom stereocenters. The first kappa shape index (κ1) is 17.1. The van der Waals surface area contributed by atoms with Crippen molar-refractivity contribution in [1.82, 2.24) is 20.1 Å². The van der Waals surface area contributed by atoms with Crippen molar-refractivity contribution in [2.45, 2.75) is 6.92 Å². The highest BCUT2D eigenvalue weighted by molar-refractivity contribution is 5.95. The Kier molecular flexibility index (Phi) is 4.78. The van der Waals surface area contributed by atoms with Gasteiger partial charge in [-0.15, -0.1) is 10.2 Å². The van der Waals surface area contributed by atoms with E-state index in [1.165, 1.54) is 0 Å². The van der Waals surface area contributed by atoms with Gasteiger partial charge in [-0.25, -0.2) is 0 Å². The molecular weight excluding hydrogens is 338 g/mol. The standard InChI is InChI=1S/C21H21N5O/c1-16-6-2-3-7-17(16)21(27)26-14-12-25(13-15-26)20-10-9-19(23-24-20)18-8-4-5-11-22-18/h2-11H,12-15H2,1H3. The zero-order chi connectivity index (χ0) is 18.6. The fourth-order valence-corrected chi connectivity index (χ4v) is 3.27. The topological polar surface area (TPSA) is 62.2 Å². The average molecular weight is 359 g/mol. The molecule has 4 rings (SSSR count). The van der Waals surface area contributed by atoms with E-state index in [4.69, 9.17) is 0 Å². The molecule has 1 fully saturated rings. The van der Waals surface area contributed by atoms with Crippen molar-refractivity contribution in [3.63, 3.8) is 0 Å². The molecule has 0 spiro atoms. The van der Waals surface area contributed by atoms with Gasteiger partial charge in [0.15, 0.2) is 5.82 Å². The van der Waals surface area contributed by atoms with E-state index < -0.39 is 0 Å². The lowest BCUT2D eigenvalue weighted by atomic mass is 10.1. The van der Waals surface area contributed by atoms with Crippen molar-refractivity contribution in [3.05, 3.63) is 71.9 Å². The van der Waals surface area contributed by atoms with Gasteiger partial charge in [0.25, 0.3) is 5.91 Å². The molecule has 1 aromatic carbocycles. The zero-order valence-corrected chi connectivity index (χ0v) is 15.2. The quantitative estimate of drug-likeness (QED) is 0.720. The van der Waals surface area contributed by atoms with Crippen molar-refractivity contribution < 1.29 is 4.79 Å². The molecule has 0 saturated carbocycles. The monoisotopic (exact) mass is 359 g/mol. The molecule has 1 amide bonds. The molecule has 6 heteroatoms. The molecule has 1 aliphatic rings. The second kappa shape index (κ2) is 7.53. The summed E-state index contributed by atoms with van der Waals surface area (Å²) < 4.78 is 0. The summed E-state index contributed by atoms with van der Waals surface area (Å²) in [5.74, 6) is 0.932. The molecule has 0 bridgehead atoms. The Bertz CT molecular complexity index is 919. The average Bonchev–Trinajstić information content (AvgIpc) is 2.74. The van der Waals surface area contributed by atoms with E-state index in [-0.39, 0.29) is 5.91 Å². The van der Waals surface area contributed by atoms with Crippen molar-refractivity contribution in [2.24, 2.45) is 0 Å². The first-order chi connectivity index (χ1) is 13.2. The number of anilines is 1. The van der Waals surface area contributed by atoms with Crippen LogP contribution in [0.5, 0.6) is 0 Å². The van der Waals surface area contributed by atoms with E-state index in [9.17, 15) is 4.79 Å². The maximum Gasteiger partial charge on any atom is 0.254 e. The number of hydrogen-bond donors (Lipinski definition) is 0.